The first-order valence-corrected chi connectivity index (χ1v) is 5.86. The summed E-state index contributed by atoms with van der Waals surface area (Å²) in [5, 5.41) is 7.45. The van der Waals surface area contributed by atoms with Crippen LogP contribution in [0.5, 0.6) is 0 Å². The minimum atomic E-state index is -0.0547. The normalized spacial score (nSPS) is 13.0. The highest BCUT2D eigenvalue weighted by Gasteiger charge is 2.15. The molecule has 0 aliphatic rings. The number of nitrogens with zero attached hydrogens (tertiary/aromatic N) is 1. The molecule has 0 spiro atoms. The zero-order chi connectivity index (χ0) is 12.4. The van der Waals surface area contributed by atoms with E-state index in [1.54, 1.807) is 0 Å². The van der Waals surface area contributed by atoms with Gasteiger partial charge in [0.15, 0.2) is 0 Å². The summed E-state index contributed by atoms with van der Waals surface area (Å²) in [6, 6.07) is -0.0547. The minimum absolute atomic E-state index is 0.0547. The molecule has 3 N–H and O–H groups in total. The molecule has 0 aromatic rings. The maximum absolute atomic E-state index is 7.45. The van der Waals surface area contributed by atoms with Crippen molar-refractivity contribution in [1.82, 2.24) is 4.90 Å². The third-order valence-electron chi connectivity index (χ3n) is 2.45. The van der Waals surface area contributed by atoms with Crippen molar-refractivity contribution < 1.29 is 9.47 Å². The van der Waals surface area contributed by atoms with E-state index in [9.17, 15) is 0 Å². The van der Waals surface area contributed by atoms with Crippen molar-refractivity contribution in [2.24, 2.45) is 5.73 Å². The van der Waals surface area contributed by atoms with Gasteiger partial charge in [0, 0.05) is 26.3 Å². The van der Waals surface area contributed by atoms with E-state index in [0.29, 0.717) is 26.4 Å². The van der Waals surface area contributed by atoms with Crippen LogP contribution in [0.15, 0.2) is 0 Å². The van der Waals surface area contributed by atoms with Gasteiger partial charge in [0.25, 0.3) is 0 Å². The van der Waals surface area contributed by atoms with Gasteiger partial charge in [0.1, 0.15) is 5.84 Å². The molecule has 0 aromatic carbocycles. The molecule has 96 valence electrons. The Morgan fingerprint density at radius 1 is 1.19 bits per heavy atom. The molecular formula is C11H25N3O2. The highest BCUT2D eigenvalue weighted by atomic mass is 16.5. The van der Waals surface area contributed by atoms with E-state index in [1.165, 1.54) is 0 Å². The summed E-state index contributed by atoms with van der Waals surface area (Å²) in [5.41, 5.74) is 5.51. The third kappa shape index (κ3) is 6.76. The number of ether oxygens (including phenoxy) is 2. The molecule has 5 heteroatoms. The molecule has 0 aromatic heterocycles. The highest BCUT2D eigenvalue weighted by Crippen LogP contribution is 1.99. The summed E-state index contributed by atoms with van der Waals surface area (Å²) in [5.74, 6) is 0.188. The smallest absolute Gasteiger partial charge is 0.108 e. The Morgan fingerprint density at radius 2 is 1.62 bits per heavy atom. The van der Waals surface area contributed by atoms with E-state index in [1.807, 2.05) is 20.8 Å². The predicted molar refractivity (Wildman–Crippen MR) is 65.9 cm³/mol. The standard InChI is InChI=1S/C11H25N3O2/c1-4-15-8-6-14(7-9-16-5-2)10(3)11(12)13/h10H,4-9H2,1-3H3,(H3,12,13). The van der Waals surface area contributed by atoms with Gasteiger partial charge in [-0.05, 0) is 20.8 Å². The quantitative estimate of drug-likeness (QED) is 0.329. The molecule has 16 heavy (non-hydrogen) atoms. The molecular weight excluding hydrogens is 206 g/mol. The van der Waals surface area contributed by atoms with Crippen LogP contribution >= 0.6 is 0 Å². The SMILES string of the molecule is CCOCCN(CCOCC)C(C)C(=N)N. The average Bonchev–Trinajstić information content (AvgIpc) is 2.26. The molecule has 5 nitrogen and oxygen atoms in total. The summed E-state index contributed by atoms with van der Waals surface area (Å²) < 4.78 is 10.6. The van der Waals surface area contributed by atoms with Crippen molar-refractivity contribution in [1.29, 1.82) is 5.41 Å². The van der Waals surface area contributed by atoms with Crippen molar-refractivity contribution in [2.75, 3.05) is 39.5 Å². The fourth-order valence-electron chi connectivity index (χ4n) is 1.35. The van der Waals surface area contributed by atoms with E-state index >= 15 is 0 Å². The Balaban J connectivity index is 3.99. The predicted octanol–water partition coefficient (Wildman–Crippen LogP) is 0.686. The molecule has 0 saturated heterocycles. The molecule has 0 rings (SSSR count). The first kappa shape index (κ1) is 15.3. The second-order valence-corrected chi connectivity index (χ2v) is 3.56. The molecule has 1 atom stereocenters. The molecule has 0 saturated carbocycles. The van der Waals surface area contributed by atoms with Gasteiger partial charge in [-0.25, -0.2) is 0 Å². The van der Waals surface area contributed by atoms with E-state index < -0.39 is 0 Å². The first-order chi connectivity index (χ1) is 7.63. The van der Waals surface area contributed by atoms with Crippen LogP contribution < -0.4 is 5.73 Å². The first-order valence-electron chi connectivity index (χ1n) is 5.86. The monoisotopic (exact) mass is 231 g/mol. The van der Waals surface area contributed by atoms with Crippen LogP contribution in [-0.4, -0.2) is 56.3 Å². The van der Waals surface area contributed by atoms with Crippen LogP contribution in [0, 0.1) is 5.41 Å². The van der Waals surface area contributed by atoms with Gasteiger partial charge in [0.2, 0.25) is 0 Å². The van der Waals surface area contributed by atoms with E-state index in [-0.39, 0.29) is 11.9 Å². The number of amidine groups is 1. The average molecular weight is 231 g/mol. The maximum atomic E-state index is 7.45. The van der Waals surface area contributed by atoms with Crippen molar-refractivity contribution >= 4 is 5.84 Å². The Bertz CT molecular complexity index is 178. The van der Waals surface area contributed by atoms with Crippen LogP contribution in [-0.2, 0) is 9.47 Å². The molecule has 0 radical (unpaired) electrons. The van der Waals surface area contributed by atoms with Gasteiger partial charge < -0.3 is 15.2 Å². The van der Waals surface area contributed by atoms with Gasteiger partial charge in [-0.1, -0.05) is 0 Å². The van der Waals surface area contributed by atoms with E-state index in [0.717, 1.165) is 13.1 Å². The highest BCUT2D eigenvalue weighted by molar-refractivity contribution is 5.82. The Morgan fingerprint density at radius 3 is 1.94 bits per heavy atom. The number of hydrogen-bond acceptors (Lipinski definition) is 4. The molecule has 0 fully saturated rings. The lowest BCUT2D eigenvalue weighted by atomic mass is 10.2. The van der Waals surface area contributed by atoms with Gasteiger partial charge in [-0.3, -0.25) is 10.3 Å². The van der Waals surface area contributed by atoms with Crippen molar-refractivity contribution in [3.8, 4) is 0 Å². The topological polar surface area (TPSA) is 71.6 Å². The molecule has 0 aliphatic heterocycles. The minimum Gasteiger partial charge on any atom is -0.386 e. The summed E-state index contributed by atoms with van der Waals surface area (Å²) in [6.45, 7) is 10.2. The number of nitrogens with one attached hydrogen (secondary N) is 1. The maximum Gasteiger partial charge on any atom is 0.108 e. The second-order valence-electron chi connectivity index (χ2n) is 3.56. The Labute approximate surface area is 98.4 Å². The van der Waals surface area contributed by atoms with Crippen molar-refractivity contribution in [3.63, 3.8) is 0 Å². The second kappa shape index (κ2) is 9.57. The van der Waals surface area contributed by atoms with Crippen molar-refractivity contribution in [2.45, 2.75) is 26.8 Å². The van der Waals surface area contributed by atoms with Crippen LogP contribution in [0.25, 0.3) is 0 Å². The van der Waals surface area contributed by atoms with Gasteiger partial charge >= 0.3 is 0 Å². The largest absolute Gasteiger partial charge is 0.386 e. The zero-order valence-electron chi connectivity index (χ0n) is 10.7. The van der Waals surface area contributed by atoms with Gasteiger partial charge in [-0.2, -0.15) is 0 Å². The van der Waals surface area contributed by atoms with E-state index in [2.05, 4.69) is 4.90 Å². The lowest BCUT2D eigenvalue weighted by Gasteiger charge is -2.27. The van der Waals surface area contributed by atoms with Gasteiger partial charge in [-0.15, -0.1) is 0 Å². The Hall–Kier alpha value is -0.650. The fraction of sp³-hybridized carbons (Fsp3) is 0.909. The lowest BCUT2D eigenvalue weighted by molar-refractivity contribution is 0.0771. The molecule has 0 amide bonds. The number of nitrogens with two attached hydrogens (primary N) is 1. The Kier molecular flexibility index (Phi) is 9.18. The van der Waals surface area contributed by atoms with Crippen LogP contribution in [0.3, 0.4) is 0 Å². The van der Waals surface area contributed by atoms with Crippen LogP contribution in [0.1, 0.15) is 20.8 Å². The van der Waals surface area contributed by atoms with Crippen molar-refractivity contribution in [3.05, 3.63) is 0 Å². The fourth-order valence-corrected chi connectivity index (χ4v) is 1.35. The summed E-state index contributed by atoms with van der Waals surface area (Å²) in [4.78, 5) is 2.10. The summed E-state index contributed by atoms with van der Waals surface area (Å²) >= 11 is 0. The van der Waals surface area contributed by atoms with Gasteiger partial charge in [0.05, 0.1) is 19.3 Å². The molecule has 0 aliphatic carbocycles. The third-order valence-corrected chi connectivity index (χ3v) is 2.45. The van der Waals surface area contributed by atoms with E-state index in [4.69, 9.17) is 20.6 Å². The summed E-state index contributed by atoms with van der Waals surface area (Å²) in [6.07, 6.45) is 0. The van der Waals surface area contributed by atoms with Crippen LogP contribution in [0.4, 0.5) is 0 Å². The zero-order valence-corrected chi connectivity index (χ0v) is 10.7. The van der Waals surface area contributed by atoms with Crippen LogP contribution in [0.2, 0.25) is 0 Å². The number of hydrogen-bond donors (Lipinski definition) is 2. The summed E-state index contributed by atoms with van der Waals surface area (Å²) in [7, 11) is 0. The molecule has 0 heterocycles. The lowest BCUT2D eigenvalue weighted by Crippen LogP contribution is -2.45. The molecule has 1 unspecified atom stereocenters. The molecule has 0 bridgehead atoms. The number of rotatable bonds is 10.